The molecule has 1 aliphatic rings. The Morgan fingerprint density at radius 3 is 2.54 bits per heavy atom. The van der Waals surface area contributed by atoms with Gasteiger partial charge < -0.3 is 5.11 Å². The normalized spacial score (nSPS) is 24.9. The molecule has 2 aromatic rings. The average Bonchev–Trinajstić information content (AvgIpc) is 2.80. The summed E-state index contributed by atoms with van der Waals surface area (Å²) in [6.45, 7) is 4.29. The van der Waals surface area contributed by atoms with Crippen LogP contribution in [0.4, 0.5) is 0 Å². The van der Waals surface area contributed by atoms with E-state index in [9.17, 15) is 5.11 Å². The summed E-state index contributed by atoms with van der Waals surface area (Å²) in [5.74, 6) is 0.987. The lowest BCUT2D eigenvalue weighted by Gasteiger charge is -2.37. The first-order valence-corrected chi connectivity index (χ1v) is 9.88. The van der Waals surface area contributed by atoms with Crippen LogP contribution in [-0.4, -0.2) is 22.5 Å². The molecule has 0 amide bonds. The van der Waals surface area contributed by atoms with Crippen molar-refractivity contribution in [2.75, 3.05) is 5.75 Å². The van der Waals surface area contributed by atoms with Crippen molar-refractivity contribution in [1.82, 2.24) is 5.32 Å². The zero-order chi connectivity index (χ0) is 17.0. The van der Waals surface area contributed by atoms with Gasteiger partial charge in [-0.05, 0) is 36.5 Å². The van der Waals surface area contributed by atoms with E-state index in [1.54, 1.807) is 0 Å². The van der Waals surface area contributed by atoms with Gasteiger partial charge in [-0.3, -0.25) is 5.32 Å². The van der Waals surface area contributed by atoms with Crippen LogP contribution >= 0.6 is 11.8 Å². The van der Waals surface area contributed by atoms with E-state index in [0.717, 1.165) is 25.0 Å². The van der Waals surface area contributed by atoms with Crippen LogP contribution in [0.2, 0.25) is 0 Å². The summed E-state index contributed by atoms with van der Waals surface area (Å²) in [5.41, 5.74) is 2.57. The Hall–Kier alpha value is -1.29. The average molecular weight is 342 g/mol. The lowest BCUT2D eigenvalue weighted by molar-refractivity contribution is 0.116. The number of benzene rings is 2. The van der Waals surface area contributed by atoms with Gasteiger partial charge in [-0.25, -0.2) is 0 Å². The molecule has 0 saturated heterocycles. The molecule has 2 N–H and O–H groups in total. The minimum Gasteiger partial charge on any atom is -0.393 e. The number of hydrogen-bond donors (Lipinski definition) is 2. The van der Waals surface area contributed by atoms with Gasteiger partial charge in [-0.1, -0.05) is 62.4 Å². The van der Waals surface area contributed by atoms with Gasteiger partial charge in [-0.2, -0.15) is 0 Å². The van der Waals surface area contributed by atoms with Crippen LogP contribution in [0.3, 0.4) is 0 Å². The van der Waals surface area contributed by atoms with Crippen molar-refractivity contribution in [3.63, 3.8) is 0 Å². The first-order valence-electron chi connectivity index (χ1n) is 8.90. The molecule has 1 heterocycles. The molecule has 0 fully saturated rings. The maximum atomic E-state index is 10.3. The summed E-state index contributed by atoms with van der Waals surface area (Å²) in [6.07, 6.45) is 2.35. The highest BCUT2D eigenvalue weighted by atomic mass is 32.2. The smallest absolute Gasteiger partial charge is 0.0592 e. The van der Waals surface area contributed by atoms with Gasteiger partial charge in [-0.15, -0.1) is 11.8 Å². The second-order valence-corrected chi connectivity index (χ2v) is 7.73. The molecule has 0 spiro atoms. The van der Waals surface area contributed by atoms with E-state index in [2.05, 4.69) is 73.8 Å². The molecule has 1 aliphatic heterocycles. The molecular weight excluding hydrogens is 314 g/mol. The van der Waals surface area contributed by atoms with E-state index in [1.807, 2.05) is 11.8 Å². The standard InChI is InChI=1S/C21H27NOS/c1-3-17(23)14-21(4-2)15-24-19-13-9-8-12-18(19)20(22-21)16-10-6-5-7-11-16/h5-13,17,20,22-23H,3-4,14-15H2,1-2H3/t17-,20?,21?/m0/s1. The molecule has 128 valence electrons. The summed E-state index contributed by atoms with van der Waals surface area (Å²) < 4.78 is 0. The van der Waals surface area contributed by atoms with Crippen LogP contribution in [0.5, 0.6) is 0 Å². The molecule has 3 rings (SSSR count). The van der Waals surface area contributed by atoms with E-state index in [4.69, 9.17) is 0 Å². The highest BCUT2D eigenvalue weighted by Gasteiger charge is 2.36. The second kappa shape index (κ2) is 7.73. The summed E-state index contributed by atoms with van der Waals surface area (Å²) in [5, 5.41) is 14.3. The molecule has 0 saturated carbocycles. The number of aliphatic hydroxyl groups is 1. The third-order valence-corrected chi connectivity index (χ3v) is 6.47. The Balaban J connectivity index is 2.02. The maximum Gasteiger partial charge on any atom is 0.0592 e. The van der Waals surface area contributed by atoms with Gasteiger partial charge in [0.2, 0.25) is 0 Å². The molecule has 0 aliphatic carbocycles. The van der Waals surface area contributed by atoms with Crippen LogP contribution in [0.15, 0.2) is 59.5 Å². The quantitative estimate of drug-likeness (QED) is 0.821. The highest BCUT2D eigenvalue weighted by molar-refractivity contribution is 7.99. The van der Waals surface area contributed by atoms with Crippen molar-refractivity contribution in [2.45, 2.75) is 55.7 Å². The fourth-order valence-electron chi connectivity index (χ4n) is 3.46. The number of nitrogens with one attached hydrogen (secondary N) is 1. The maximum absolute atomic E-state index is 10.3. The molecule has 2 aromatic carbocycles. The van der Waals surface area contributed by atoms with Crippen molar-refractivity contribution in [2.24, 2.45) is 0 Å². The summed E-state index contributed by atoms with van der Waals surface area (Å²) >= 11 is 1.92. The van der Waals surface area contributed by atoms with Gasteiger partial charge in [0, 0.05) is 16.2 Å². The molecule has 0 aromatic heterocycles. The molecule has 24 heavy (non-hydrogen) atoms. The van der Waals surface area contributed by atoms with Crippen molar-refractivity contribution in [1.29, 1.82) is 0 Å². The van der Waals surface area contributed by atoms with Crippen molar-refractivity contribution in [3.8, 4) is 0 Å². The zero-order valence-electron chi connectivity index (χ0n) is 14.5. The van der Waals surface area contributed by atoms with Crippen molar-refractivity contribution < 1.29 is 5.11 Å². The van der Waals surface area contributed by atoms with Gasteiger partial charge in [0.25, 0.3) is 0 Å². The number of aliphatic hydroxyl groups excluding tert-OH is 1. The summed E-state index contributed by atoms with van der Waals surface area (Å²) in [7, 11) is 0. The molecule has 0 bridgehead atoms. The molecular formula is C21H27NOS. The Kier molecular flexibility index (Phi) is 5.65. The fraction of sp³-hybridized carbons (Fsp3) is 0.429. The van der Waals surface area contributed by atoms with Gasteiger partial charge in [0.05, 0.1) is 12.1 Å². The number of hydrogen-bond acceptors (Lipinski definition) is 3. The third-order valence-electron chi connectivity index (χ3n) is 5.09. The first kappa shape index (κ1) is 17.5. The second-order valence-electron chi connectivity index (χ2n) is 6.71. The largest absolute Gasteiger partial charge is 0.393 e. The van der Waals surface area contributed by atoms with Crippen molar-refractivity contribution >= 4 is 11.8 Å². The van der Waals surface area contributed by atoms with Crippen LogP contribution in [0, 0.1) is 0 Å². The summed E-state index contributed by atoms with van der Waals surface area (Å²) in [4.78, 5) is 1.35. The molecule has 0 radical (unpaired) electrons. The molecule has 2 nitrogen and oxygen atoms in total. The number of fused-ring (bicyclic) bond motifs is 1. The molecule has 3 heteroatoms. The molecule has 2 unspecified atom stereocenters. The summed E-state index contributed by atoms with van der Waals surface area (Å²) in [6, 6.07) is 19.5. The Morgan fingerprint density at radius 2 is 1.83 bits per heavy atom. The lowest BCUT2D eigenvalue weighted by atomic mass is 9.87. The first-order chi connectivity index (χ1) is 11.7. The van der Waals surface area contributed by atoms with E-state index < -0.39 is 0 Å². The topological polar surface area (TPSA) is 32.3 Å². The lowest BCUT2D eigenvalue weighted by Crippen LogP contribution is -2.50. The van der Waals surface area contributed by atoms with E-state index in [0.29, 0.717) is 0 Å². The van der Waals surface area contributed by atoms with Crippen LogP contribution in [-0.2, 0) is 0 Å². The predicted octanol–water partition coefficient (Wildman–Crippen LogP) is 4.78. The molecule has 3 atom stereocenters. The van der Waals surface area contributed by atoms with Crippen LogP contribution in [0.25, 0.3) is 0 Å². The minimum atomic E-state index is -0.254. The number of thioether (sulfide) groups is 1. The fourth-order valence-corrected chi connectivity index (χ4v) is 4.83. The SMILES string of the molecule is CC[C@H](O)CC1(CC)CSc2ccccc2C(c2ccccc2)N1. The van der Waals surface area contributed by atoms with E-state index in [1.165, 1.54) is 16.0 Å². The Morgan fingerprint density at radius 1 is 1.12 bits per heavy atom. The third kappa shape index (κ3) is 3.69. The van der Waals surface area contributed by atoms with Gasteiger partial charge in [0.1, 0.15) is 0 Å². The Labute approximate surface area is 149 Å². The monoisotopic (exact) mass is 341 g/mol. The van der Waals surface area contributed by atoms with Crippen LogP contribution in [0.1, 0.15) is 50.3 Å². The van der Waals surface area contributed by atoms with Gasteiger partial charge >= 0.3 is 0 Å². The van der Waals surface area contributed by atoms with Gasteiger partial charge in [0.15, 0.2) is 0 Å². The number of rotatable bonds is 5. The minimum absolute atomic E-state index is 0.0559. The Bertz CT molecular complexity index is 660. The zero-order valence-corrected chi connectivity index (χ0v) is 15.4. The van der Waals surface area contributed by atoms with Crippen LogP contribution < -0.4 is 5.32 Å². The van der Waals surface area contributed by atoms with Crippen molar-refractivity contribution in [3.05, 3.63) is 65.7 Å². The predicted molar refractivity (Wildman–Crippen MR) is 103 cm³/mol. The van der Waals surface area contributed by atoms with E-state index >= 15 is 0 Å². The highest BCUT2D eigenvalue weighted by Crippen LogP contribution is 2.40. The van der Waals surface area contributed by atoms with E-state index in [-0.39, 0.29) is 17.7 Å².